The number of benzene rings is 1. The van der Waals surface area contributed by atoms with Crippen molar-refractivity contribution in [1.82, 2.24) is 0 Å². The molecule has 4 nitrogen and oxygen atoms in total. The Hall–Kier alpha value is -0.670. The predicted molar refractivity (Wildman–Crippen MR) is 80.0 cm³/mol. The first-order valence-electron chi connectivity index (χ1n) is 6.52. The van der Waals surface area contributed by atoms with E-state index in [0.717, 1.165) is 24.2 Å². The van der Waals surface area contributed by atoms with E-state index < -0.39 is 14.3 Å². The van der Waals surface area contributed by atoms with Crippen LogP contribution in [0.5, 0.6) is 5.75 Å². The lowest BCUT2D eigenvalue weighted by molar-refractivity contribution is 0.0669. The molecule has 0 fully saturated rings. The molecule has 1 rings (SSSR count). The van der Waals surface area contributed by atoms with Gasteiger partial charge >= 0.3 is 0 Å². The molecule has 5 heteroatoms. The molecule has 19 heavy (non-hydrogen) atoms. The average Bonchev–Trinajstić information content (AvgIpc) is 2.41. The second-order valence-electron chi connectivity index (χ2n) is 4.57. The lowest BCUT2D eigenvalue weighted by Crippen LogP contribution is -2.22. The van der Waals surface area contributed by atoms with Crippen LogP contribution in [0.4, 0.5) is 0 Å². The second kappa shape index (κ2) is 9.27. The molecule has 3 N–H and O–H groups in total. The number of hydrogen-bond acceptors (Lipinski definition) is 4. The van der Waals surface area contributed by atoms with Crippen molar-refractivity contribution in [2.75, 3.05) is 33.1 Å². The Bertz CT molecular complexity index is 360. The third-order valence-corrected chi connectivity index (χ3v) is 3.24. The SMILES string of the molecule is CP(C)OCC(O)COc1ccccc1CCCN. The van der Waals surface area contributed by atoms with E-state index in [-0.39, 0.29) is 6.61 Å². The van der Waals surface area contributed by atoms with Gasteiger partial charge in [-0.15, -0.1) is 0 Å². The standard InChI is InChI=1S/C14H24NO3P/c1-19(2)18-11-13(16)10-17-14-8-4-3-6-12(14)7-5-9-15/h3-4,6,8,13,16H,5,7,9-11,15H2,1-2H3. The fourth-order valence-electron chi connectivity index (χ4n) is 1.61. The van der Waals surface area contributed by atoms with Gasteiger partial charge in [0.2, 0.25) is 0 Å². The first-order valence-corrected chi connectivity index (χ1v) is 8.68. The highest BCUT2D eigenvalue weighted by Crippen LogP contribution is 2.26. The third-order valence-electron chi connectivity index (χ3n) is 2.58. The Balaban J connectivity index is 2.43. The number of aryl methyl sites for hydroxylation is 1. The van der Waals surface area contributed by atoms with Gasteiger partial charge in [0, 0.05) is 8.15 Å². The fourth-order valence-corrected chi connectivity index (χ4v) is 2.08. The molecule has 0 saturated carbocycles. The lowest BCUT2D eigenvalue weighted by Gasteiger charge is -2.16. The Morgan fingerprint density at radius 2 is 2.00 bits per heavy atom. The third kappa shape index (κ3) is 6.88. The van der Waals surface area contributed by atoms with Crippen molar-refractivity contribution >= 4 is 8.15 Å². The topological polar surface area (TPSA) is 64.7 Å². The summed E-state index contributed by atoms with van der Waals surface area (Å²) < 4.78 is 11.1. The molecule has 1 unspecified atom stereocenters. The molecule has 0 bridgehead atoms. The van der Waals surface area contributed by atoms with E-state index in [4.69, 9.17) is 15.0 Å². The van der Waals surface area contributed by atoms with Gasteiger partial charge in [-0.2, -0.15) is 0 Å². The lowest BCUT2D eigenvalue weighted by atomic mass is 10.1. The van der Waals surface area contributed by atoms with E-state index in [1.165, 1.54) is 0 Å². The first-order chi connectivity index (χ1) is 9.13. The maximum Gasteiger partial charge on any atom is 0.122 e. The van der Waals surface area contributed by atoms with Gasteiger partial charge in [-0.3, -0.25) is 0 Å². The molecule has 108 valence electrons. The maximum atomic E-state index is 9.77. The predicted octanol–water partition coefficient (Wildman–Crippen LogP) is 1.99. The largest absolute Gasteiger partial charge is 0.491 e. The zero-order valence-electron chi connectivity index (χ0n) is 11.7. The normalized spacial score (nSPS) is 12.7. The second-order valence-corrected chi connectivity index (χ2v) is 6.46. The monoisotopic (exact) mass is 285 g/mol. The minimum Gasteiger partial charge on any atom is -0.491 e. The van der Waals surface area contributed by atoms with Crippen molar-refractivity contribution in [2.24, 2.45) is 5.73 Å². The summed E-state index contributed by atoms with van der Waals surface area (Å²) in [6, 6.07) is 7.87. The van der Waals surface area contributed by atoms with Gasteiger partial charge in [0.05, 0.1) is 6.61 Å². The van der Waals surface area contributed by atoms with Crippen molar-refractivity contribution in [3.05, 3.63) is 29.8 Å². The summed E-state index contributed by atoms with van der Waals surface area (Å²) in [6.45, 7) is 5.25. The molecule has 0 saturated heterocycles. The van der Waals surface area contributed by atoms with Crippen LogP contribution in [-0.4, -0.2) is 44.3 Å². The summed E-state index contributed by atoms with van der Waals surface area (Å²) in [5.41, 5.74) is 6.65. The van der Waals surface area contributed by atoms with Crippen molar-refractivity contribution < 1.29 is 14.4 Å². The van der Waals surface area contributed by atoms with Crippen LogP contribution in [0.15, 0.2) is 24.3 Å². The molecular weight excluding hydrogens is 261 g/mol. The number of nitrogens with two attached hydrogens (primary N) is 1. The van der Waals surface area contributed by atoms with E-state index >= 15 is 0 Å². The van der Waals surface area contributed by atoms with Crippen LogP contribution in [0.1, 0.15) is 12.0 Å². The quantitative estimate of drug-likeness (QED) is 0.681. The molecule has 1 aromatic rings. The molecule has 0 spiro atoms. The molecule has 0 aliphatic carbocycles. The Morgan fingerprint density at radius 1 is 1.26 bits per heavy atom. The average molecular weight is 285 g/mol. The molecule has 0 radical (unpaired) electrons. The molecule has 0 aliphatic heterocycles. The van der Waals surface area contributed by atoms with Crippen LogP contribution >= 0.6 is 8.15 Å². The zero-order chi connectivity index (χ0) is 14.1. The van der Waals surface area contributed by atoms with Gasteiger partial charge in [-0.25, -0.2) is 0 Å². The van der Waals surface area contributed by atoms with Gasteiger partial charge in [-0.05, 0) is 44.3 Å². The number of para-hydroxylation sites is 1. The van der Waals surface area contributed by atoms with E-state index in [2.05, 4.69) is 0 Å². The Kier molecular flexibility index (Phi) is 7.99. The van der Waals surface area contributed by atoms with E-state index in [1.54, 1.807) is 0 Å². The number of aliphatic hydroxyl groups excluding tert-OH is 1. The van der Waals surface area contributed by atoms with Gasteiger partial charge < -0.3 is 20.1 Å². The molecule has 0 heterocycles. The molecule has 0 aromatic heterocycles. The molecular formula is C14H24NO3P. The highest BCUT2D eigenvalue weighted by Gasteiger charge is 2.09. The van der Waals surface area contributed by atoms with E-state index in [0.29, 0.717) is 13.2 Å². The van der Waals surface area contributed by atoms with Crippen LogP contribution in [0, 0.1) is 0 Å². The van der Waals surface area contributed by atoms with Gasteiger partial charge in [-0.1, -0.05) is 18.2 Å². The van der Waals surface area contributed by atoms with E-state index in [9.17, 15) is 5.11 Å². The molecule has 0 amide bonds. The van der Waals surface area contributed by atoms with E-state index in [1.807, 2.05) is 37.6 Å². The van der Waals surface area contributed by atoms with Crippen LogP contribution in [0.3, 0.4) is 0 Å². The van der Waals surface area contributed by atoms with Crippen LogP contribution < -0.4 is 10.5 Å². The zero-order valence-corrected chi connectivity index (χ0v) is 12.6. The highest BCUT2D eigenvalue weighted by atomic mass is 31.1. The summed E-state index contributed by atoms with van der Waals surface area (Å²) in [5.74, 6) is 0.824. The minimum atomic E-state index is -0.590. The summed E-state index contributed by atoms with van der Waals surface area (Å²) in [7, 11) is -0.442. The smallest absolute Gasteiger partial charge is 0.122 e. The summed E-state index contributed by atoms with van der Waals surface area (Å²) in [5, 5.41) is 9.77. The number of rotatable bonds is 9. The first kappa shape index (κ1) is 16.4. The Labute approximate surface area is 116 Å². The van der Waals surface area contributed by atoms with Crippen molar-refractivity contribution in [2.45, 2.75) is 18.9 Å². The van der Waals surface area contributed by atoms with Gasteiger partial charge in [0.1, 0.15) is 18.5 Å². The maximum absolute atomic E-state index is 9.77. The summed E-state index contributed by atoms with van der Waals surface area (Å²) >= 11 is 0. The van der Waals surface area contributed by atoms with Crippen LogP contribution in [0.2, 0.25) is 0 Å². The number of hydrogen-bond donors (Lipinski definition) is 2. The van der Waals surface area contributed by atoms with Gasteiger partial charge in [0.15, 0.2) is 0 Å². The molecule has 1 atom stereocenters. The minimum absolute atomic E-state index is 0.253. The van der Waals surface area contributed by atoms with Crippen molar-refractivity contribution in [3.63, 3.8) is 0 Å². The summed E-state index contributed by atoms with van der Waals surface area (Å²) in [6.07, 6.45) is 1.24. The number of ether oxygens (including phenoxy) is 1. The Morgan fingerprint density at radius 3 is 2.68 bits per heavy atom. The van der Waals surface area contributed by atoms with Crippen molar-refractivity contribution in [1.29, 1.82) is 0 Å². The fraction of sp³-hybridized carbons (Fsp3) is 0.571. The van der Waals surface area contributed by atoms with Crippen LogP contribution in [-0.2, 0) is 10.9 Å². The molecule has 0 aliphatic rings. The van der Waals surface area contributed by atoms with Crippen molar-refractivity contribution in [3.8, 4) is 5.75 Å². The summed E-state index contributed by atoms with van der Waals surface area (Å²) in [4.78, 5) is 0. The highest BCUT2D eigenvalue weighted by molar-refractivity contribution is 7.50. The van der Waals surface area contributed by atoms with Crippen LogP contribution in [0.25, 0.3) is 0 Å². The molecule has 1 aromatic carbocycles. The van der Waals surface area contributed by atoms with Gasteiger partial charge in [0.25, 0.3) is 0 Å². The number of aliphatic hydroxyl groups is 1.